The number of hydrogen-bond acceptors (Lipinski definition) is 3. The van der Waals surface area contributed by atoms with Crippen LogP contribution in [0.2, 0.25) is 0 Å². The second kappa shape index (κ2) is 4.83. The summed E-state index contributed by atoms with van der Waals surface area (Å²) >= 11 is 0. The molecule has 0 aliphatic rings. The molecule has 0 bridgehead atoms. The molecule has 2 aromatic rings. The number of para-hydroxylation sites is 1. The third-order valence-electron chi connectivity index (χ3n) is 2.39. The summed E-state index contributed by atoms with van der Waals surface area (Å²) in [7, 11) is 0. The van der Waals surface area contributed by atoms with Crippen LogP contribution in [0.15, 0.2) is 30.3 Å². The van der Waals surface area contributed by atoms with E-state index in [1.165, 1.54) is 0 Å². The SMILES string of the molecule is Cc1cc(C)nc(-c2ccccc2NC(=O)O)n1. The Labute approximate surface area is 105 Å². The van der Waals surface area contributed by atoms with Gasteiger partial charge in [0.05, 0.1) is 5.69 Å². The summed E-state index contributed by atoms with van der Waals surface area (Å²) in [6, 6.07) is 8.93. The molecule has 0 saturated heterocycles. The molecule has 1 aromatic heterocycles. The number of nitrogens with zero attached hydrogens (tertiary/aromatic N) is 2. The maximum atomic E-state index is 10.7. The first-order valence-electron chi connectivity index (χ1n) is 5.48. The molecule has 1 amide bonds. The zero-order valence-corrected chi connectivity index (χ0v) is 10.1. The Morgan fingerprint density at radius 3 is 2.39 bits per heavy atom. The molecule has 18 heavy (non-hydrogen) atoms. The van der Waals surface area contributed by atoms with Crippen molar-refractivity contribution in [3.63, 3.8) is 0 Å². The van der Waals surface area contributed by atoms with Crippen molar-refractivity contribution >= 4 is 11.8 Å². The highest BCUT2D eigenvalue weighted by Crippen LogP contribution is 2.25. The number of nitrogens with one attached hydrogen (secondary N) is 1. The number of carboxylic acid groups (broad SMARTS) is 1. The molecular weight excluding hydrogens is 230 g/mol. The van der Waals surface area contributed by atoms with Crippen molar-refractivity contribution in [2.24, 2.45) is 0 Å². The minimum Gasteiger partial charge on any atom is -0.465 e. The van der Waals surface area contributed by atoms with Crippen molar-refractivity contribution in [1.29, 1.82) is 0 Å². The summed E-state index contributed by atoms with van der Waals surface area (Å²) in [6.07, 6.45) is -1.10. The van der Waals surface area contributed by atoms with Crippen LogP contribution in [0.1, 0.15) is 11.4 Å². The lowest BCUT2D eigenvalue weighted by molar-refractivity contribution is 0.210. The highest BCUT2D eigenvalue weighted by molar-refractivity contribution is 5.89. The first-order chi connectivity index (χ1) is 8.56. The Balaban J connectivity index is 2.52. The van der Waals surface area contributed by atoms with Crippen LogP contribution in [-0.2, 0) is 0 Å². The van der Waals surface area contributed by atoms with E-state index in [0.29, 0.717) is 17.1 Å². The third kappa shape index (κ3) is 2.63. The Hall–Kier alpha value is -2.43. The first kappa shape index (κ1) is 12.0. The van der Waals surface area contributed by atoms with E-state index >= 15 is 0 Å². The number of carbonyl (C=O) groups is 1. The number of rotatable bonds is 2. The Kier molecular flexibility index (Phi) is 3.23. The van der Waals surface area contributed by atoms with Crippen molar-refractivity contribution < 1.29 is 9.90 Å². The second-order valence-corrected chi connectivity index (χ2v) is 3.95. The van der Waals surface area contributed by atoms with Crippen molar-refractivity contribution in [1.82, 2.24) is 9.97 Å². The van der Waals surface area contributed by atoms with E-state index < -0.39 is 6.09 Å². The van der Waals surface area contributed by atoms with Crippen LogP contribution in [0.3, 0.4) is 0 Å². The first-order valence-corrected chi connectivity index (χ1v) is 5.48. The molecule has 0 aliphatic carbocycles. The summed E-state index contributed by atoms with van der Waals surface area (Å²) < 4.78 is 0. The minimum atomic E-state index is -1.10. The molecule has 5 heteroatoms. The van der Waals surface area contributed by atoms with E-state index in [9.17, 15) is 4.79 Å². The van der Waals surface area contributed by atoms with Crippen LogP contribution in [0.5, 0.6) is 0 Å². The Bertz CT molecular complexity index is 576. The summed E-state index contributed by atoms with van der Waals surface area (Å²) in [5, 5.41) is 11.1. The van der Waals surface area contributed by atoms with Gasteiger partial charge in [-0.25, -0.2) is 14.8 Å². The lowest BCUT2D eigenvalue weighted by Crippen LogP contribution is -2.09. The lowest BCUT2D eigenvalue weighted by Gasteiger charge is -2.08. The van der Waals surface area contributed by atoms with Crippen LogP contribution in [0.25, 0.3) is 11.4 Å². The van der Waals surface area contributed by atoms with Gasteiger partial charge in [0, 0.05) is 17.0 Å². The van der Waals surface area contributed by atoms with Crippen LogP contribution in [-0.4, -0.2) is 21.2 Å². The lowest BCUT2D eigenvalue weighted by atomic mass is 10.1. The standard InChI is InChI=1S/C13H13N3O2/c1-8-7-9(2)15-12(14-8)10-5-3-4-6-11(10)16-13(17)18/h3-7,16H,1-2H3,(H,17,18). The number of anilines is 1. The van der Waals surface area contributed by atoms with Gasteiger partial charge >= 0.3 is 6.09 Å². The van der Waals surface area contributed by atoms with Crippen molar-refractivity contribution in [3.8, 4) is 11.4 Å². The molecule has 0 atom stereocenters. The summed E-state index contributed by atoms with van der Waals surface area (Å²) in [6.45, 7) is 3.76. The largest absolute Gasteiger partial charge is 0.465 e. The molecule has 0 saturated carbocycles. The van der Waals surface area contributed by atoms with Gasteiger partial charge in [-0.2, -0.15) is 0 Å². The molecule has 92 valence electrons. The van der Waals surface area contributed by atoms with E-state index in [1.807, 2.05) is 26.0 Å². The maximum Gasteiger partial charge on any atom is 0.409 e. The molecule has 1 heterocycles. The van der Waals surface area contributed by atoms with Crippen molar-refractivity contribution in [2.75, 3.05) is 5.32 Å². The fraction of sp³-hybridized carbons (Fsp3) is 0.154. The van der Waals surface area contributed by atoms with Crippen LogP contribution in [0, 0.1) is 13.8 Å². The molecule has 0 fully saturated rings. The van der Waals surface area contributed by atoms with Gasteiger partial charge in [-0.15, -0.1) is 0 Å². The van der Waals surface area contributed by atoms with E-state index in [2.05, 4.69) is 15.3 Å². The van der Waals surface area contributed by atoms with E-state index in [0.717, 1.165) is 11.4 Å². The molecule has 2 N–H and O–H groups in total. The molecule has 1 aromatic carbocycles. The predicted molar refractivity (Wildman–Crippen MR) is 68.6 cm³/mol. The molecule has 2 rings (SSSR count). The van der Waals surface area contributed by atoms with Crippen LogP contribution in [0.4, 0.5) is 10.5 Å². The zero-order valence-electron chi connectivity index (χ0n) is 10.1. The van der Waals surface area contributed by atoms with Gasteiger partial charge in [0.2, 0.25) is 0 Å². The normalized spacial score (nSPS) is 10.1. The van der Waals surface area contributed by atoms with Gasteiger partial charge in [0.1, 0.15) is 0 Å². The molecule has 0 spiro atoms. The van der Waals surface area contributed by atoms with Gasteiger partial charge in [-0.05, 0) is 32.0 Å². The monoisotopic (exact) mass is 243 g/mol. The fourth-order valence-corrected chi connectivity index (χ4v) is 1.75. The van der Waals surface area contributed by atoms with Crippen LogP contribution >= 0.6 is 0 Å². The number of benzene rings is 1. The topological polar surface area (TPSA) is 75.1 Å². The zero-order chi connectivity index (χ0) is 13.1. The molecule has 0 unspecified atom stereocenters. The number of hydrogen-bond donors (Lipinski definition) is 2. The fourth-order valence-electron chi connectivity index (χ4n) is 1.75. The van der Waals surface area contributed by atoms with Crippen molar-refractivity contribution in [2.45, 2.75) is 13.8 Å². The molecule has 0 radical (unpaired) electrons. The Morgan fingerprint density at radius 2 is 1.78 bits per heavy atom. The molecule has 5 nitrogen and oxygen atoms in total. The van der Waals surface area contributed by atoms with E-state index in [4.69, 9.17) is 5.11 Å². The molecule has 0 aliphatic heterocycles. The van der Waals surface area contributed by atoms with Crippen LogP contribution < -0.4 is 5.32 Å². The maximum absolute atomic E-state index is 10.7. The summed E-state index contributed by atoms with van der Waals surface area (Å²) in [4.78, 5) is 19.4. The highest BCUT2D eigenvalue weighted by atomic mass is 16.4. The number of aromatic nitrogens is 2. The van der Waals surface area contributed by atoms with E-state index in [1.54, 1.807) is 18.2 Å². The van der Waals surface area contributed by atoms with E-state index in [-0.39, 0.29) is 0 Å². The van der Waals surface area contributed by atoms with Gasteiger partial charge in [0.25, 0.3) is 0 Å². The summed E-state index contributed by atoms with van der Waals surface area (Å²) in [5.41, 5.74) is 2.85. The van der Waals surface area contributed by atoms with Gasteiger partial charge in [-0.3, -0.25) is 5.32 Å². The van der Waals surface area contributed by atoms with Gasteiger partial charge in [0.15, 0.2) is 5.82 Å². The Morgan fingerprint density at radius 1 is 1.17 bits per heavy atom. The highest BCUT2D eigenvalue weighted by Gasteiger charge is 2.10. The van der Waals surface area contributed by atoms with Gasteiger partial charge < -0.3 is 5.11 Å². The number of aryl methyl sites for hydroxylation is 2. The quantitative estimate of drug-likeness (QED) is 0.850. The average Bonchev–Trinajstić information content (AvgIpc) is 2.27. The minimum absolute atomic E-state index is 0.481. The van der Waals surface area contributed by atoms with Gasteiger partial charge in [-0.1, -0.05) is 12.1 Å². The predicted octanol–water partition coefficient (Wildman–Crippen LogP) is 2.85. The average molecular weight is 243 g/mol. The second-order valence-electron chi connectivity index (χ2n) is 3.95. The smallest absolute Gasteiger partial charge is 0.409 e. The number of amides is 1. The third-order valence-corrected chi connectivity index (χ3v) is 2.39. The summed E-state index contributed by atoms with van der Waals surface area (Å²) in [5.74, 6) is 0.525. The van der Waals surface area contributed by atoms with Crippen molar-refractivity contribution in [3.05, 3.63) is 41.7 Å². The molecular formula is C13H13N3O2.